The van der Waals surface area contributed by atoms with E-state index >= 15 is 0 Å². The Kier molecular flexibility index (Phi) is 5.90. The standard InChI is InChI=1S/C14H32O2Si/c1-10-17(11-12(2)3,15-13(4,5)6)16-14(7,8)9/h12H,10-11H2,1-9H3. The molecule has 0 aliphatic rings. The van der Waals surface area contributed by atoms with Gasteiger partial charge in [-0.2, -0.15) is 0 Å². The van der Waals surface area contributed by atoms with E-state index in [-0.39, 0.29) is 11.2 Å². The summed E-state index contributed by atoms with van der Waals surface area (Å²) in [6.45, 7) is 19.4. The minimum absolute atomic E-state index is 0.123. The lowest BCUT2D eigenvalue weighted by Gasteiger charge is -2.41. The molecule has 0 aromatic heterocycles. The maximum absolute atomic E-state index is 6.38. The Balaban J connectivity index is 5.01. The Morgan fingerprint density at radius 1 is 0.882 bits per heavy atom. The van der Waals surface area contributed by atoms with Crippen molar-refractivity contribution in [2.24, 2.45) is 5.92 Å². The minimum atomic E-state index is -2.10. The van der Waals surface area contributed by atoms with E-state index in [0.29, 0.717) is 5.92 Å². The van der Waals surface area contributed by atoms with E-state index in [2.05, 4.69) is 62.3 Å². The molecule has 3 heteroatoms. The van der Waals surface area contributed by atoms with Crippen LogP contribution in [-0.4, -0.2) is 19.8 Å². The Bertz CT molecular complexity index is 207. The van der Waals surface area contributed by atoms with Gasteiger partial charge in [-0.25, -0.2) is 0 Å². The molecule has 0 spiro atoms. The molecular weight excluding hydrogens is 228 g/mol. The molecule has 0 aromatic carbocycles. The molecule has 17 heavy (non-hydrogen) atoms. The fraction of sp³-hybridized carbons (Fsp3) is 1.00. The van der Waals surface area contributed by atoms with Crippen LogP contribution < -0.4 is 0 Å². The molecular formula is C14H32O2Si. The normalized spacial score (nSPS) is 14.5. The zero-order valence-corrected chi connectivity index (χ0v) is 14.3. The first-order valence-electron chi connectivity index (χ1n) is 6.79. The first kappa shape index (κ1) is 17.1. The van der Waals surface area contributed by atoms with Gasteiger partial charge in [0.15, 0.2) is 0 Å². The fourth-order valence-corrected chi connectivity index (χ4v) is 6.39. The highest BCUT2D eigenvalue weighted by Crippen LogP contribution is 2.32. The van der Waals surface area contributed by atoms with Crippen LogP contribution in [0, 0.1) is 5.92 Å². The predicted octanol–water partition coefficient (Wildman–Crippen LogP) is 4.73. The molecule has 0 bridgehead atoms. The average molecular weight is 260 g/mol. The summed E-state index contributed by atoms with van der Waals surface area (Å²) in [5.41, 5.74) is -0.245. The van der Waals surface area contributed by atoms with Crippen molar-refractivity contribution < 1.29 is 8.85 Å². The molecule has 0 N–H and O–H groups in total. The van der Waals surface area contributed by atoms with Crippen molar-refractivity contribution in [2.75, 3.05) is 0 Å². The number of hydrogen-bond acceptors (Lipinski definition) is 2. The van der Waals surface area contributed by atoms with Gasteiger partial charge in [-0.1, -0.05) is 20.8 Å². The third-order valence-corrected chi connectivity index (χ3v) is 6.73. The van der Waals surface area contributed by atoms with E-state index in [1.54, 1.807) is 0 Å². The number of rotatable bonds is 5. The van der Waals surface area contributed by atoms with Crippen LogP contribution >= 0.6 is 0 Å². The first-order chi connectivity index (χ1) is 7.39. The molecule has 104 valence electrons. The van der Waals surface area contributed by atoms with Gasteiger partial charge >= 0.3 is 8.56 Å². The summed E-state index contributed by atoms with van der Waals surface area (Å²) >= 11 is 0. The van der Waals surface area contributed by atoms with E-state index < -0.39 is 8.56 Å². The van der Waals surface area contributed by atoms with Crippen LogP contribution in [0.3, 0.4) is 0 Å². The molecule has 0 aliphatic heterocycles. The Hall–Kier alpha value is 0.137. The van der Waals surface area contributed by atoms with Gasteiger partial charge in [-0.3, -0.25) is 0 Å². The molecule has 0 atom stereocenters. The molecule has 0 amide bonds. The van der Waals surface area contributed by atoms with Crippen molar-refractivity contribution in [3.63, 3.8) is 0 Å². The second-order valence-electron chi connectivity index (χ2n) is 7.29. The van der Waals surface area contributed by atoms with Crippen molar-refractivity contribution in [2.45, 2.75) is 85.6 Å². The van der Waals surface area contributed by atoms with Gasteiger partial charge < -0.3 is 8.85 Å². The summed E-state index contributed by atoms with van der Waals surface area (Å²) in [6.07, 6.45) is 0. The van der Waals surface area contributed by atoms with Gasteiger partial charge in [-0.05, 0) is 59.5 Å². The lowest BCUT2D eigenvalue weighted by Crippen LogP contribution is -2.51. The SMILES string of the molecule is CC[Si](CC(C)C)(OC(C)(C)C)OC(C)(C)C. The minimum Gasteiger partial charge on any atom is -0.389 e. The van der Waals surface area contributed by atoms with E-state index in [1.807, 2.05) is 0 Å². The van der Waals surface area contributed by atoms with Crippen LogP contribution in [0.5, 0.6) is 0 Å². The van der Waals surface area contributed by atoms with E-state index in [9.17, 15) is 0 Å². The van der Waals surface area contributed by atoms with E-state index in [0.717, 1.165) is 12.1 Å². The van der Waals surface area contributed by atoms with Crippen LogP contribution in [0.1, 0.15) is 62.3 Å². The molecule has 0 saturated heterocycles. The lowest BCUT2D eigenvalue weighted by molar-refractivity contribution is 0.0129. The van der Waals surface area contributed by atoms with Crippen LogP contribution in [0.15, 0.2) is 0 Å². The van der Waals surface area contributed by atoms with Crippen LogP contribution in [0.2, 0.25) is 12.1 Å². The predicted molar refractivity (Wildman–Crippen MR) is 77.6 cm³/mol. The summed E-state index contributed by atoms with van der Waals surface area (Å²) in [5, 5.41) is 0. The van der Waals surface area contributed by atoms with Crippen LogP contribution in [0.4, 0.5) is 0 Å². The quantitative estimate of drug-likeness (QED) is 0.665. The van der Waals surface area contributed by atoms with Gasteiger partial charge in [0.05, 0.1) is 11.2 Å². The summed E-state index contributed by atoms with van der Waals surface area (Å²) in [5.74, 6) is 0.617. The smallest absolute Gasteiger partial charge is 0.338 e. The highest BCUT2D eigenvalue weighted by molar-refractivity contribution is 6.67. The largest absolute Gasteiger partial charge is 0.389 e. The molecule has 0 rings (SSSR count). The van der Waals surface area contributed by atoms with Crippen LogP contribution in [0.25, 0.3) is 0 Å². The molecule has 2 nitrogen and oxygen atoms in total. The Morgan fingerprint density at radius 2 is 1.24 bits per heavy atom. The second kappa shape index (κ2) is 5.85. The third kappa shape index (κ3) is 7.95. The first-order valence-corrected chi connectivity index (χ1v) is 9.02. The van der Waals surface area contributed by atoms with Crippen molar-refractivity contribution in [3.05, 3.63) is 0 Å². The highest BCUT2D eigenvalue weighted by atomic mass is 28.4. The average Bonchev–Trinajstić information content (AvgIpc) is 1.95. The van der Waals surface area contributed by atoms with Gasteiger partial charge in [0.2, 0.25) is 0 Å². The van der Waals surface area contributed by atoms with Crippen LogP contribution in [-0.2, 0) is 8.85 Å². The molecule has 0 unspecified atom stereocenters. The van der Waals surface area contributed by atoms with E-state index in [4.69, 9.17) is 8.85 Å². The van der Waals surface area contributed by atoms with Gasteiger partial charge in [-0.15, -0.1) is 0 Å². The van der Waals surface area contributed by atoms with Crippen molar-refractivity contribution >= 4 is 8.56 Å². The van der Waals surface area contributed by atoms with Gasteiger partial charge in [0.1, 0.15) is 0 Å². The van der Waals surface area contributed by atoms with Gasteiger partial charge in [0.25, 0.3) is 0 Å². The summed E-state index contributed by atoms with van der Waals surface area (Å²) < 4.78 is 12.8. The third-order valence-electron chi connectivity index (χ3n) is 2.24. The fourth-order valence-electron chi connectivity index (χ4n) is 2.13. The maximum Gasteiger partial charge on any atom is 0.338 e. The zero-order chi connectivity index (χ0) is 13.9. The van der Waals surface area contributed by atoms with Crippen molar-refractivity contribution in [3.8, 4) is 0 Å². The molecule has 0 radical (unpaired) electrons. The Labute approximate surface area is 109 Å². The van der Waals surface area contributed by atoms with Crippen molar-refractivity contribution in [1.29, 1.82) is 0 Å². The van der Waals surface area contributed by atoms with E-state index in [1.165, 1.54) is 0 Å². The monoisotopic (exact) mass is 260 g/mol. The molecule has 0 aromatic rings. The molecule has 0 aliphatic carbocycles. The zero-order valence-electron chi connectivity index (χ0n) is 13.3. The molecule has 0 fully saturated rings. The lowest BCUT2D eigenvalue weighted by atomic mass is 10.2. The summed E-state index contributed by atoms with van der Waals surface area (Å²) in [4.78, 5) is 0. The summed E-state index contributed by atoms with van der Waals surface area (Å²) in [6, 6.07) is 2.08. The maximum atomic E-state index is 6.38. The highest BCUT2D eigenvalue weighted by Gasteiger charge is 2.43. The second-order valence-corrected chi connectivity index (χ2v) is 10.6. The molecule has 0 saturated carbocycles. The van der Waals surface area contributed by atoms with Crippen molar-refractivity contribution in [1.82, 2.24) is 0 Å². The number of hydrogen-bond donors (Lipinski definition) is 0. The van der Waals surface area contributed by atoms with Gasteiger partial charge in [0, 0.05) is 0 Å². The molecule has 0 heterocycles. The Morgan fingerprint density at radius 3 is 1.41 bits per heavy atom. The summed E-state index contributed by atoms with van der Waals surface area (Å²) in [7, 11) is -2.10. The topological polar surface area (TPSA) is 18.5 Å².